The van der Waals surface area contributed by atoms with Crippen LogP contribution in [0, 0.1) is 0 Å². The van der Waals surface area contributed by atoms with E-state index in [0.717, 1.165) is 25.7 Å². The number of amides is 1. The maximum Gasteiger partial charge on any atom is 0.236 e. The Hall–Kier alpha value is -0.660. The maximum atomic E-state index is 12.3. The van der Waals surface area contributed by atoms with Gasteiger partial charge in [0.25, 0.3) is 0 Å². The van der Waals surface area contributed by atoms with Gasteiger partial charge >= 0.3 is 0 Å². The Labute approximate surface area is 127 Å². The molecule has 1 heterocycles. The van der Waals surface area contributed by atoms with Gasteiger partial charge in [0.2, 0.25) is 5.91 Å². The number of nitrogens with zero attached hydrogens (tertiary/aromatic N) is 2. The largest absolute Gasteiger partial charge is 0.341 e. The molecule has 2 aliphatic rings. The predicted octanol–water partition coefficient (Wildman–Crippen LogP) is -0.166. The third-order valence-corrected chi connectivity index (χ3v) is 6.65. The molecule has 1 aliphatic heterocycles. The lowest BCUT2D eigenvalue weighted by Gasteiger charge is -2.34. The number of hydrogen-bond acceptors (Lipinski definition) is 5. The lowest BCUT2D eigenvalue weighted by molar-refractivity contribution is -0.133. The van der Waals surface area contributed by atoms with E-state index < -0.39 is 9.84 Å². The fraction of sp³-hybridized carbons (Fsp3) is 0.929. The van der Waals surface area contributed by atoms with Crippen molar-refractivity contribution < 1.29 is 13.2 Å². The third kappa shape index (κ3) is 4.40. The number of sulfone groups is 1. The Morgan fingerprint density at radius 1 is 1.10 bits per heavy atom. The van der Waals surface area contributed by atoms with Crippen LogP contribution in [0.5, 0.6) is 0 Å². The van der Waals surface area contributed by atoms with Gasteiger partial charge in [0.15, 0.2) is 9.84 Å². The van der Waals surface area contributed by atoms with E-state index in [2.05, 4.69) is 4.90 Å². The molecule has 7 heteroatoms. The molecule has 0 aromatic rings. The van der Waals surface area contributed by atoms with Crippen LogP contribution in [0.1, 0.15) is 32.1 Å². The minimum absolute atomic E-state index is 0.00877. The number of likely N-dealkylation sites (N-methyl/N-ethyl adjacent to an activating group) is 2. The minimum atomic E-state index is -2.95. The Balaban J connectivity index is 1.83. The summed E-state index contributed by atoms with van der Waals surface area (Å²) < 4.78 is 23.0. The highest BCUT2D eigenvalue weighted by Gasteiger charge is 2.33. The SMILES string of the molecule is CN(CC(=O)N(C)C1CCS(=O)(=O)C1)C1CCC(N)CC1. The smallest absolute Gasteiger partial charge is 0.236 e. The third-order valence-electron chi connectivity index (χ3n) is 4.90. The van der Waals surface area contributed by atoms with Crippen molar-refractivity contribution in [3.8, 4) is 0 Å². The molecule has 1 atom stereocenters. The molecule has 6 nitrogen and oxygen atoms in total. The lowest BCUT2D eigenvalue weighted by Crippen LogP contribution is -2.46. The zero-order valence-corrected chi connectivity index (χ0v) is 13.8. The van der Waals surface area contributed by atoms with Gasteiger partial charge in [-0.1, -0.05) is 0 Å². The zero-order chi connectivity index (χ0) is 15.6. The van der Waals surface area contributed by atoms with Crippen LogP contribution in [0.3, 0.4) is 0 Å². The van der Waals surface area contributed by atoms with Crippen LogP contribution in [0.25, 0.3) is 0 Å². The Morgan fingerprint density at radius 3 is 2.24 bits per heavy atom. The molecule has 0 aromatic carbocycles. The summed E-state index contributed by atoms with van der Waals surface area (Å²) in [6.07, 6.45) is 4.66. The van der Waals surface area contributed by atoms with Crippen molar-refractivity contribution in [3.05, 3.63) is 0 Å². The predicted molar refractivity (Wildman–Crippen MR) is 82.7 cm³/mol. The van der Waals surface area contributed by atoms with Gasteiger partial charge in [0.05, 0.1) is 18.1 Å². The molecule has 2 rings (SSSR count). The van der Waals surface area contributed by atoms with Crippen molar-refractivity contribution in [1.82, 2.24) is 9.80 Å². The van der Waals surface area contributed by atoms with Gasteiger partial charge in [0.1, 0.15) is 0 Å². The fourth-order valence-corrected chi connectivity index (χ4v) is 5.06. The summed E-state index contributed by atoms with van der Waals surface area (Å²) >= 11 is 0. The summed E-state index contributed by atoms with van der Waals surface area (Å²) in [7, 11) is 0.741. The fourth-order valence-electron chi connectivity index (χ4n) is 3.28. The van der Waals surface area contributed by atoms with Crippen LogP contribution >= 0.6 is 0 Å². The molecule has 2 N–H and O–H groups in total. The molecule has 2 fully saturated rings. The van der Waals surface area contributed by atoms with Crippen molar-refractivity contribution in [2.75, 3.05) is 32.1 Å². The molecule has 1 saturated carbocycles. The number of rotatable bonds is 4. The molecule has 0 aromatic heterocycles. The van der Waals surface area contributed by atoms with E-state index in [9.17, 15) is 13.2 Å². The highest BCUT2D eigenvalue weighted by molar-refractivity contribution is 7.91. The van der Waals surface area contributed by atoms with E-state index in [1.807, 2.05) is 7.05 Å². The van der Waals surface area contributed by atoms with E-state index in [0.29, 0.717) is 25.0 Å². The molecule has 1 aliphatic carbocycles. The molecule has 1 unspecified atom stereocenters. The van der Waals surface area contributed by atoms with Crippen LogP contribution in [0.4, 0.5) is 0 Å². The number of hydrogen-bond donors (Lipinski definition) is 1. The van der Waals surface area contributed by atoms with Gasteiger partial charge in [0, 0.05) is 25.2 Å². The first kappa shape index (κ1) is 16.7. The van der Waals surface area contributed by atoms with Crippen molar-refractivity contribution in [1.29, 1.82) is 0 Å². The van der Waals surface area contributed by atoms with Crippen LogP contribution in [0.2, 0.25) is 0 Å². The molecule has 0 bridgehead atoms. The second kappa shape index (κ2) is 6.62. The normalized spacial score (nSPS) is 32.3. The van der Waals surface area contributed by atoms with Gasteiger partial charge in [-0.3, -0.25) is 9.69 Å². The Morgan fingerprint density at radius 2 is 1.71 bits per heavy atom. The van der Waals surface area contributed by atoms with Crippen LogP contribution < -0.4 is 5.73 Å². The van der Waals surface area contributed by atoms with Crippen molar-refractivity contribution in [3.63, 3.8) is 0 Å². The molecule has 1 saturated heterocycles. The van der Waals surface area contributed by atoms with Gasteiger partial charge in [-0.2, -0.15) is 0 Å². The minimum Gasteiger partial charge on any atom is -0.341 e. The lowest BCUT2D eigenvalue weighted by atomic mass is 9.91. The average Bonchev–Trinajstić information content (AvgIpc) is 2.78. The van der Waals surface area contributed by atoms with Gasteiger partial charge < -0.3 is 10.6 Å². The Kier molecular flexibility index (Phi) is 5.27. The van der Waals surface area contributed by atoms with Gasteiger partial charge in [-0.05, 0) is 39.2 Å². The molecule has 1 amide bonds. The quantitative estimate of drug-likeness (QED) is 0.778. The standard InChI is InChI=1S/C14H27N3O3S/c1-16(12-5-3-11(15)4-6-12)9-14(18)17(2)13-7-8-21(19,20)10-13/h11-13H,3-10,15H2,1-2H3. The summed E-state index contributed by atoms with van der Waals surface area (Å²) in [4.78, 5) is 16.0. The van der Waals surface area contributed by atoms with E-state index in [1.165, 1.54) is 0 Å². The molecule has 0 spiro atoms. The first-order chi connectivity index (χ1) is 9.78. The highest BCUT2D eigenvalue weighted by Crippen LogP contribution is 2.22. The molecule has 122 valence electrons. The van der Waals surface area contributed by atoms with Crippen molar-refractivity contribution >= 4 is 15.7 Å². The number of nitrogens with two attached hydrogens (primary N) is 1. The summed E-state index contributed by atoms with van der Waals surface area (Å²) in [5.74, 6) is 0.317. The maximum absolute atomic E-state index is 12.3. The van der Waals surface area contributed by atoms with E-state index >= 15 is 0 Å². The monoisotopic (exact) mass is 317 g/mol. The molecular formula is C14H27N3O3S. The topological polar surface area (TPSA) is 83.7 Å². The molecule has 0 radical (unpaired) electrons. The van der Waals surface area contributed by atoms with Gasteiger partial charge in [-0.25, -0.2) is 8.42 Å². The number of carbonyl (C=O) groups is 1. The second-order valence-electron chi connectivity index (χ2n) is 6.55. The van der Waals surface area contributed by atoms with Crippen molar-refractivity contribution in [2.45, 2.75) is 50.2 Å². The first-order valence-electron chi connectivity index (χ1n) is 7.70. The van der Waals surface area contributed by atoms with E-state index in [-0.39, 0.29) is 23.5 Å². The summed E-state index contributed by atoms with van der Waals surface area (Å²) in [6.45, 7) is 0.354. The van der Waals surface area contributed by atoms with Crippen LogP contribution in [-0.2, 0) is 14.6 Å². The number of carbonyl (C=O) groups excluding carboxylic acids is 1. The van der Waals surface area contributed by atoms with E-state index in [1.54, 1.807) is 11.9 Å². The summed E-state index contributed by atoms with van der Waals surface area (Å²) in [5.41, 5.74) is 5.90. The van der Waals surface area contributed by atoms with Gasteiger partial charge in [-0.15, -0.1) is 0 Å². The summed E-state index contributed by atoms with van der Waals surface area (Å²) in [5, 5.41) is 0. The highest BCUT2D eigenvalue weighted by atomic mass is 32.2. The Bertz CT molecular complexity index is 472. The molecular weight excluding hydrogens is 290 g/mol. The second-order valence-corrected chi connectivity index (χ2v) is 8.77. The molecule has 21 heavy (non-hydrogen) atoms. The van der Waals surface area contributed by atoms with E-state index in [4.69, 9.17) is 5.73 Å². The van der Waals surface area contributed by atoms with Crippen molar-refractivity contribution in [2.24, 2.45) is 5.73 Å². The first-order valence-corrected chi connectivity index (χ1v) is 9.52. The summed E-state index contributed by atoms with van der Waals surface area (Å²) in [6, 6.07) is 0.557. The average molecular weight is 317 g/mol. The van der Waals surface area contributed by atoms with Crippen LogP contribution in [0.15, 0.2) is 0 Å². The van der Waals surface area contributed by atoms with Crippen LogP contribution in [-0.4, -0.2) is 74.4 Å². The zero-order valence-electron chi connectivity index (χ0n) is 13.0.